The van der Waals surface area contributed by atoms with Crippen molar-refractivity contribution in [2.24, 2.45) is 5.92 Å². The van der Waals surface area contributed by atoms with Crippen LogP contribution in [0.1, 0.15) is 68.7 Å². The van der Waals surface area contributed by atoms with E-state index in [-0.39, 0.29) is 77.3 Å². The van der Waals surface area contributed by atoms with Gasteiger partial charge in [0.15, 0.2) is 17.9 Å². The monoisotopic (exact) mass is 554 g/mol. The zero-order chi connectivity index (χ0) is 28.6. The van der Waals surface area contributed by atoms with Crippen molar-refractivity contribution in [2.45, 2.75) is 50.9 Å². The van der Waals surface area contributed by atoms with Crippen LogP contribution in [0.5, 0.6) is 17.2 Å². The van der Waals surface area contributed by atoms with Gasteiger partial charge in [-0.3, -0.25) is 14.4 Å². The van der Waals surface area contributed by atoms with Gasteiger partial charge in [0.25, 0.3) is 0 Å². The first kappa shape index (κ1) is 27.8. The Morgan fingerprint density at radius 1 is 0.975 bits per heavy atom. The fraction of sp³-hybridized carbons (Fsp3) is 0.448. The Labute approximate surface area is 229 Å². The minimum atomic E-state index is -1.07. The van der Waals surface area contributed by atoms with Gasteiger partial charge in [-0.2, -0.15) is 0 Å². The normalized spacial score (nSPS) is 21.8. The Balaban J connectivity index is 1.30. The van der Waals surface area contributed by atoms with Crippen molar-refractivity contribution >= 4 is 23.3 Å². The highest BCUT2D eigenvalue weighted by Gasteiger charge is 2.41. The van der Waals surface area contributed by atoms with E-state index in [1.165, 1.54) is 13.2 Å². The van der Waals surface area contributed by atoms with Crippen molar-refractivity contribution in [3.8, 4) is 17.2 Å². The summed E-state index contributed by atoms with van der Waals surface area (Å²) in [5.41, 5.74) is 0.223. The Hall–Kier alpha value is -3.80. The van der Waals surface area contributed by atoms with E-state index in [0.717, 1.165) is 6.42 Å². The van der Waals surface area contributed by atoms with E-state index in [1.54, 1.807) is 12.1 Å². The molecule has 11 nitrogen and oxygen atoms in total. The molecule has 1 saturated heterocycles. The Kier molecular flexibility index (Phi) is 7.88. The van der Waals surface area contributed by atoms with Gasteiger partial charge in [0, 0.05) is 22.6 Å². The molecule has 212 valence electrons. The molecular weight excluding hydrogens is 524 g/mol. The molecule has 2 aromatic carbocycles. The minimum Gasteiger partial charge on any atom is -0.507 e. The zero-order valence-corrected chi connectivity index (χ0v) is 21.9. The first-order chi connectivity index (χ1) is 19.2. The molecule has 0 amide bonds. The van der Waals surface area contributed by atoms with Gasteiger partial charge >= 0.3 is 5.97 Å². The number of aliphatic carboxylic acids is 1. The number of ketones is 3. The molecule has 0 aromatic heterocycles. The number of hydrogen-bond acceptors (Lipinski definition) is 10. The fourth-order valence-corrected chi connectivity index (χ4v) is 5.76. The molecule has 0 bridgehead atoms. The number of hydrogen-bond donors (Lipinski definition) is 3. The van der Waals surface area contributed by atoms with Crippen LogP contribution in [0.25, 0.3) is 0 Å². The number of carboxylic acid groups (broad SMARTS) is 1. The summed E-state index contributed by atoms with van der Waals surface area (Å²) >= 11 is 0. The summed E-state index contributed by atoms with van der Waals surface area (Å²) in [6.07, 6.45) is 1.76. The summed E-state index contributed by atoms with van der Waals surface area (Å²) in [6, 6.07) is 4.59. The lowest BCUT2D eigenvalue weighted by Gasteiger charge is -2.31. The van der Waals surface area contributed by atoms with Crippen molar-refractivity contribution in [2.75, 3.05) is 26.9 Å². The summed E-state index contributed by atoms with van der Waals surface area (Å²) in [4.78, 5) is 50.5. The number of Topliss-reactive ketones (excluding diaryl/α,β-unsaturated/α-hetero) is 1. The van der Waals surface area contributed by atoms with Gasteiger partial charge in [0.05, 0.1) is 36.5 Å². The lowest BCUT2D eigenvalue weighted by Crippen LogP contribution is -2.35. The van der Waals surface area contributed by atoms with E-state index in [0.29, 0.717) is 24.8 Å². The highest BCUT2D eigenvalue weighted by molar-refractivity contribution is 6.31. The number of aromatic hydroxyl groups is 2. The van der Waals surface area contributed by atoms with Crippen LogP contribution in [0.4, 0.5) is 0 Å². The molecule has 3 atom stereocenters. The molecule has 2 aliphatic carbocycles. The van der Waals surface area contributed by atoms with Crippen molar-refractivity contribution in [1.82, 2.24) is 0 Å². The van der Waals surface area contributed by atoms with Crippen LogP contribution in [0, 0.1) is 5.92 Å². The number of fused-ring (bicyclic) bond motifs is 3. The van der Waals surface area contributed by atoms with Gasteiger partial charge in [-0.25, -0.2) is 4.79 Å². The molecular formula is C29H30O11. The van der Waals surface area contributed by atoms with Crippen LogP contribution in [0.3, 0.4) is 0 Å². The lowest BCUT2D eigenvalue weighted by molar-refractivity contribution is -0.206. The maximum absolute atomic E-state index is 13.4. The molecule has 5 rings (SSSR count). The molecule has 0 radical (unpaired) electrons. The van der Waals surface area contributed by atoms with Crippen LogP contribution in [-0.4, -0.2) is 78.0 Å². The van der Waals surface area contributed by atoms with Crippen LogP contribution < -0.4 is 4.74 Å². The van der Waals surface area contributed by atoms with Crippen molar-refractivity contribution < 1.29 is 53.4 Å². The third kappa shape index (κ3) is 5.07. The van der Waals surface area contributed by atoms with Gasteiger partial charge in [-0.1, -0.05) is 12.1 Å². The fourth-order valence-electron chi connectivity index (χ4n) is 5.76. The Morgan fingerprint density at radius 3 is 2.48 bits per heavy atom. The molecule has 0 spiro atoms. The van der Waals surface area contributed by atoms with Crippen molar-refractivity contribution in [3.63, 3.8) is 0 Å². The predicted octanol–water partition coefficient (Wildman–Crippen LogP) is 2.57. The van der Waals surface area contributed by atoms with E-state index in [1.807, 2.05) is 0 Å². The summed E-state index contributed by atoms with van der Waals surface area (Å²) in [6.45, 7) is -0.528. The Morgan fingerprint density at radius 2 is 1.73 bits per heavy atom. The first-order valence-electron chi connectivity index (χ1n) is 13.2. The number of carboxylic acids is 1. The molecule has 2 aromatic rings. The molecule has 1 aliphatic heterocycles. The van der Waals surface area contributed by atoms with Crippen LogP contribution in [-0.2, 0) is 36.6 Å². The number of rotatable bonds is 9. The third-order valence-corrected chi connectivity index (χ3v) is 7.73. The van der Waals surface area contributed by atoms with Gasteiger partial charge in [0.2, 0.25) is 5.78 Å². The van der Waals surface area contributed by atoms with Gasteiger partial charge in [-0.15, -0.1) is 0 Å². The number of ether oxygens (including phenoxy) is 4. The molecule has 11 heteroatoms. The highest BCUT2D eigenvalue weighted by Crippen LogP contribution is 2.47. The molecule has 3 N–H and O–H groups in total. The standard InChI is InChI=1S/C29H30O11/c1-37-20-6-3-5-17-23(20)29(36)25-24(27(17)34)28(35)18-10-14(8-9-16(18)26(25)33)19(30)12-39-22-7-2-4-15(40-22)11-38-13-21(31)32/h3,5-6,14-15,22,33,35H,2,4,7-13H2,1H3,(H,31,32). The van der Waals surface area contributed by atoms with E-state index < -0.39 is 42.1 Å². The summed E-state index contributed by atoms with van der Waals surface area (Å²) in [5, 5.41) is 31.0. The SMILES string of the molecule is COc1cccc2c1C(=O)c1c(O)c3c(c(O)c1C2=O)CC(C(=O)COC1CCCC(COCC(=O)O)O1)CC3. The number of benzene rings is 2. The van der Waals surface area contributed by atoms with Crippen LogP contribution in [0.2, 0.25) is 0 Å². The summed E-state index contributed by atoms with van der Waals surface area (Å²) in [7, 11) is 1.38. The van der Waals surface area contributed by atoms with Gasteiger partial charge in [0.1, 0.15) is 30.5 Å². The van der Waals surface area contributed by atoms with Crippen molar-refractivity contribution in [1.29, 1.82) is 0 Å². The maximum atomic E-state index is 13.4. The molecule has 3 aliphatic rings. The lowest BCUT2D eigenvalue weighted by atomic mass is 9.75. The van der Waals surface area contributed by atoms with Crippen molar-refractivity contribution in [3.05, 3.63) is 51.6 Å². The number of phenolic OH excluding ortho intramolecular Hbond substituents is 2. The second kappa shape index (κ2) is 11.4. The molecule has 1 fully saturated rings. The molecule has 3 unspecified atom stereocenters. The van der Waals surface area contributed by atoms with E-state index >= 15 is 0 Å². The van der Waals surface area contributed by atoms with E-state index in [9.17, 15) is 29.4 Å². The number of carbonyl (C=O) groups excluding carboxylic acids is 3. The van der Waals surface area contributed by atoms with E-state index in [4.69, 9.17) is 24.1 Å². The quantitative estimate of drug-likeness (QED) is 0.333. The topological polar surface area (TPSA) is 166 Å². The highest BCUT2D eigenvalue weighted by atomic mass is 16.7. The van der Waals surface area contributed by atoms with E-state index in [2.05, 4.69) is 0 Å². The zero-order valence-electron chi connectivity index (χ0n) is 21.9. The van der Waals surface area contributed by atoms with Crippen LogP contribution >= 0.6 is 0 Å². The first-order valence-corrected chi connectivity index (χ1v) is 13.2. The predicted molar refractivity (Wildman–Crippen MR) is 137 cm³/mol. The average Bonchev–Trinajstić information content (AvgIpc) is 2.95. The minimum absolute atomic E-state index is 0.0405. The summed E-state index contributed by atoms with van der Waals surface area (Å²) < 4.78 is 21.9. The number of methoxy groups -OCH3 is 1. The van der Waals surface area contributed by atoms with Gasteiger partial charge < -0.3 is 34.3 Å². The summed E-state index contributed by atoms with van der Waals surface area (Å²) in [5.74, 6) is -3.58. The third-order valence-electron chi connectivity index (χ3n) is 7.73. The largest absolute Gasteiger partial charge is 0.507 e. The maximum Gasteiger partial charge on any atom is 0.329 e. The second-order valence-electron chi connectivity index (χ2n) is 10.2. The molecule has 0 saturated carbocycles. The second-order valence-corrected chi connectivity index (χ2v) is 10.2. The number of phenols is 2. The number of carbonyl (C=O) groups is 4. The van der Waals surface area contributed by atoms with Gasteiger partial charge in [-0.05, 0) is 44.6 Å². The van der Waals surface area contributed by atoms with Crippen LogP contribution in [0.15, 0.2) is 18.2 Å². The average molecular weight is 555 g/mol. The Bertz CT molecular complexity index is 1380. The smallest absolute Gasteiger partial charge is 0.329 e. The molecule has 1 heterocycles. The molecule has 40 heavy (non-hydrogen) atoms.